The van der Waals surface area contributed by atoms with Crippen molar-refractivity contribution in [2.45, 2.75) is 239 Å². The van der Waals surface area contributed by atoms with Crippen molar-refractivity contribution in [3.63, 3.8) is 0 Å². The number of rotatable bonds is 41. The molecule has 314 valence electrons. The van der Waals surface area contributed by atoms with Gasteiger partial charge in [-0.3, -0.25) is 14.4 Å². The van der Waals surface area contributed by atoms with E-state index < -0.39 is 6.10 Å². The summed E-state index contributed by atoms with van der Waals surface area (Å²) in [5.74, 6) is -0.899. The van der Waals surface area contributed by atoms with Crippen molar-refractivity contribution < 1.29 is 28.6 Å². The highest BCUT2D eigenvalue weighted by Gasteiger charge is 2.19. The molecule has 0 rings (SSSR count). The summed E-state index contributed by atoms with van der Waals surface area (Å²) in [5, 5.41) is 0. The van der Waals surface area contributed by atoms with Gasteiger partial charge in [0.2, 0.25) is 0 Å². The average Bonchev–Trinajstić information content (AvgIpc) is 3.17. The summed E-state index contributed by atoms with van der Waals surface area (Å²) in [6, 6.07) is 0. The van der Waals surface area contributed by atoms with E-state index in [4.69, 9.17) is 14.2 Å². The molecule has 0 saturated carbocycles. The minimum Gasteiger partial charge on any atom is -0.462 e. The van der Waals surface area contributed by atoms with Crippen LogP contribution < -0.4 is 0 Å². The van der Waals surface area contributed by atoms with Crippen LogP contribution in [0.1, 0.15) is 233 Å². The van der Waals surface area contributed by atoms with E-state index >= 15 is 0 Å². The SMILES string of the molecule is CCCCCCC/C=C\C/C=C\C/C=C\CCCCCCCCCCC(=O)OCC(COC(=O)CCCCCCC)OC(=O)CCCCCCCCCC. The van der Waals surface area contributed by atoms with Gasteiger partial charge in [0.05, 0.1) is 0 Å². The van der Waals surface area contributed by atoms with Crippen molar-refractivity contribution in [3.05, 3.63) is 36.5 Å². The van der Waals surface area contributed by atoms with Crippen molar-refractivity contribution >= 4 is 17.9 Å². The maximum atomic E-state index is 12.6. The number of carbonyl (C=O) groups is 3. The Bertz CT molecular complexity index is 922. The van der Waals surface area contributed by atoms with Gasteiger partial charge in [0.15, 0.2) is 6.10 Å². The molecule has 0 aromatic carbocycles. The Balaban J connectivity index is 4.07. The smallest absolute Gasteiger partial charge is 0.306 e. The van der Waals surface area contributed by atoms with Gasteiger partial charge >= 0.3 is 17.9 Å². The third-order valence-electron chi connectivity index (χ3n) is 9.90. The monoisotopic (exact) mass is 759 g/mol. The lowest BCUT2D eigenvalue weighted by Gasteiger charge is -2.18. The quantitative estimate of drug-likeness (QED) is 0.0267. The molecule has 0 aromatic rings. The van der Waals surface area contributed by atoms with E-state index in [-0.39, 0.29) is 31.1 Å². The van der Waals surface area contributed by atoms with Gasteiger partial charge in [-0.1, -0.05) is 192 Å². The molecular formula is C48H86O6. The number of hydrogen-bond acceptors (Lipinski definition) is 6. The van der Waals surface area contributed by atoms with Gasteiger partial charge in [-0.15, -0.1) is 0 Å². The van der Waals surface area contributed by atoms with E-state index in [0.29, 0.717) is 19.3 Å². The van der Waals surface area contributed by atoms with E-state index in [1.165, 1.54) is 109 Å². The summed E-state index contributed by atoms with van der Waals surface area (Å²) in [4.78, 5) is 37.3. The molecule has 6 heteroatoms. The second-order valence-electron chi connectivity index (χ2n) is 15.3. The van der Waals surface area contributed by atoms with Crippen molar-refractivity contribution in [3.8, 4) is 0 Å². The van der Waals surface area contributed by atoms with Gasteiger partial charge in [0.25, 0.3) is 0 Å². The van der Waals surface area contributed by atoms with Gasteiger partial charge in [-0.25, -0.2) is 0 Å². The Labute approximate surface area is 334 Å². The van der Waals surface area contributed by atoms with Gasteiger partial charge in [-0.2, -0.15) is 0 Å². The van der Waals surface area contributed by atoms with Crippen LogP contribution in [0.15, 0.2) is 36.5 Å². The number of hydrogen-bond donors (Lipinski definition) is 0. The average molecular weight is 759 g/mol. The Morgan fingerprint density at radius 3 is 1.04 bits per heavy atom. The second-order valence-corrected chi connectivity index (χ2v) is 15.3. The Kier molecular flexibility index (Phi) is 41.5. The molecule has 0 amide bonds. The Hall–Kier alpha value is -2.37. The summed E-state index contributed by atoms with van der Waals surface area (Å²) < 4.78 is 16.5. The van der Waals surface area contributed by atoms with Crippen LogP contribution in [0.25, 0.3) is 0 Å². The van der Waals surface area contributed by atoms with Gasteiger partial charge in [-0.05, 0) is 57.8 Å². The van der Waals surface area contributed by atoms with Gasteiger partial charge < -0.3 is 14.2 Å². The van der Waals surface area contributed by atoms with Crippen LogP contribution in [0.2, 0.25) is 0 Å². The number of esters is 3. The summed E-state index contributed by atoms with van der Waals surface area (Å²) >= 11 is 0. The molecule has 0 N–H and O–H groups in total. The molecule has 0 aliphatic carbocycles. The highest BCUT2D eigenvalue weighted by Crippen LogP contribution is 2.14. The van der Waals surface area contributed by atoms with Crippen LogP contribution in [0.3, 0.4) is 0 Å². The van der Waals surface area contributed by atoms with Crippen molar-refractivity contribution in [1.29, 1.82) is 0 Å². The highest BCUT2D eigenvalue weighted by atomic mass is 16.6. The van der Waals surface area contributed by atoms with Gasteiger partial charge in [0.1, 0.15) is 13.2 Å². The molecule has 0 aliphatic heterocycles. The van der Waals surface area contributed by atoms with Crippen LogP contribution >= 0.6 is 0 Å². The van der Waals surface area contributed by atoms with Crippen LogP contribution in [-0.4, -0.2) is 37.2 Å². The second kappa shape index (κ2) is 43.4. The maximum absolute atomic E-state index is 12.6. The van der Waals surface area contributed by atoms with Crippen molar-refractivity contribution in [2.24, 2.45) is 0 Å². The summed E-state index contributed by atoms with van der Waals surface area (Å²) in [6.45, 7) is 6.50. The summed E-state index contributed by atoms with van der Waals surface area (Å²) in [5.41, 5.74) is 0. The molecule has 54 heavy (non-hydrogen) atoms. The lowest BCUT2D eigenvalue weighted by atomic mass is 10.1. The van der Waals surface area contributed by atoms with Gasteiger partial charge in [0, 0.05) is 19.3 Å². The standard InChI is InChI=1S/C48H86O6/c1-4-7-10-13-15-17-18-19-20-21-22-23-24-25-26-27-28-29-30-31-33-35-38-41-47(50)53-44-45(43-52-46(49)40-37-34-12-9-6-3)54-48(51)42-39-36-32-16-14-11-8-5-2/h18-19,21-22,24-25,45H,4-17,20,23,26-44H2,1-3H3/b19-18-,22-21-,25-24-. The molecule has 1 unspecified atom stereocenters. The largest absolute Gasteiger partial charge is 0.462 e. The number of unbranched alkanes of at least 4 members (excludes halogenated alkanes) is 24. The first-order valence-corrected chi connectivity index (χ1v) is 23.0. The van der Waals surface area contributed by atoms with Crippen LogP contribution in [-0.2, 0) is 28.6 Å². The van der Waals surface area contributed by atoms with E-state index in [1.807, 2.05) is 0 Å². The first-order chi connectivity index (χ1) is 26.5. The number of carbonyl (C=O) groups excluding carboxylic acids is 3. The zero-order chi connectivity index (χ0) is 39.4. The molecule has 0 radical (unpaired) electrons. The zero-order valence-electron chi connectivity index (χ0n) is 35.7. The molecule has 0 bridgehead atoms. The summed E-state index contributed by atoms with van der Waals surface area (Å²) in [7, 11) is 0. The fourth-order valence-electron chi connectivity index (χ4n) is 6.39. The third-order valence-corrected chi connectivity index (χ3v) is 9.90. The summed E-state index contributed by atoms with van der Waals surface area (Å²) in [6.07, 6.45) is 48.9. The molecular weight excluding hydrogens is 673 g/mol. The van der Waals surface area contributed by atoms with Crippen LogP contribution in [0.5, 0.6) is 0 Å². The first kappa shape index (κ1) is 51.6. The van der Waals surface area contributed by atoms with E-state index in [1.54, 1.807) is 0 Å². The van der Waals surface area contributed by atoms with Crippen molar-refractivity contribution in [2.75, 3.05) is 13.2 Å². The molecule has 6 nitrogen and oxygen atoms in total. The topological polar surface area (TPSA) is 78.9 Å². The normalized spacial score (nSPS) is 12.3. The van der Waals surface area contributed by atoms with E-state index in [2.05, 4.69) is 57.2 Å². The van der Waals surface area contributed by atoms with E-state index in [9.17, 15) is 14.4 Å². The van der Waals surface area contributed by atoms with E-state index in [0.717, 1.165) is 83.5 Å². The first-order valence-electron chi connectivity index (χ1n) is 23.0. The third kappa shape index (κ3) is 40.8. The lowest BCUT2D eigenvalue weighted by molar-refractivity contribution is -0.167. The highest BCUT2D eigenvalue weighted by molar-refractivity contribution is 5.71. The minimum atomic E-state index is -0.765. The predicted molar refractivity (Wildman–Crippen MR) is 229 cm³/mol. The maximum Gasteiger partial charge on any atom is 0.306 e. The zero-order valence-corrected chi connectivity index (χ0v) is 35.7. The molecule has 0 fully saturated rings. The fraction of sp³-hybridized carbons (Fsp3) is 0.812. The number of allylic oxidation sites excluding steroid dienone is 6. The molecule has 1 atom stereocenters. The molecule has 0 aromatic heterocycles. The molecule has 0 aliphatic rings. The Morgan fingerprint density at radius 1 is 0.370 bits per heavy atom. The number of ether oxygens (including phenoxy) is 3. The Morgan fingerprint density at radius 2 is 0.667 bits per heavy atom. The lowest BCUT2D eigenvalue weighted by Crippen LogP contribution is -2.30. The predicted octanol–water partition coefficient (Wildman–Crippen LogP) is 14.6. The van der Waals surface area contributed by atoms with Crippen LogP contribution in [0, 0.1) is 0 Å². The fourth-order valence-corrected chi connectivity index (χ4v) is 6.39. The van der Waals surface area contributed by atoms with Crippen molar-refractivity contribution in [1.82, 2.24) is 0 Å². The van der Waals surface area contributed by atoms with Crippen LogP contribution in [0.4, 0.5) is 0 Å². The minimum absolute atomic E-state index is 0.0741. The molecule has 0 spiro atoms. The molecule has 0 saturated heterocycles. The molecule has 0 heterocycles.